The molecule has 2 N–H and O–H groups in total. The van der Waals surface area contributed by atoms with Gasteiger partial charge in [-0.25, -0.2) is 0 Å². The lowest BCUT2D eigenvalue weighted by Gasteiger charge is -2.27. The van der Waals surface area contributed by atoms with Crippen molar-refractivity contribution in [2.45, 2.75) is 44.7 Å². The van der Waals surface area contributed by atoms with E-state index in [-0.39, 0.29) is 0 Å². The summed E-state index contributed by atoms with van der Waals surface area (Å²) >= 11 is 0. The van der Waals surface area contributed by atoms with Gasteiger partial charge in [-0.1, -0.05) is 18.1 Å². The summed E-state index contributed by atoms with van der Waals surface area (Å²) in [5.74, 6) is 0. The van der Waals surface area contributed by atoms with Crippen LogP contribution in [0.3, 0.4) is 0 Å². The number of hydrogen-bond donors (Lipinski definition) is 1. The summed E-state index contributed by atoms with van der Waals surface area (Å²) in [5, 5.41) is 8.17. The van der Waals surface area contributed by atoms with Crippen molar-refractivity contribution in [2.24, 2.45) is 12.8 Å². The van der Waals surface area contributed by atoms with Gasteiger partial charge in [0.25, 0.3) is 0 Å². The molecule has 0 saturated heterocycles. The number of hydrogen-bond acceptors (Lipinski definition) is 4. The molecule has 5 nitrogen and oxygen atoms in total. The second-order valence-corrected chi connectivity index (χ2v) is 4.93. The zero-order valence-corrected chi connectivity index (χ0v) is 10.7. The first kappa shape index (κ1) is 12.5. The van der Waals surface area contributed by atoms with Crippen LogP contribution in [-0.2, 0) is 13.6 Å². The molecule has 1 aliphatic rings. The summed E-state index contributed by atoms with van der Waals surface area (Å²) in [5.41, 5.74) is 6.68. The first-order chi connectivity index (χ1) is 8.29. The van der Waals surface area contributed by atoms with Crippen molar-refractivity contribution in [1.29, 1.82) is 0 Å². The molecule has 0 spiro atoms. The van der Waals surface area contributed by atoms with E-state index in [1.807, 2.05) is 13.2 Å². The van der Waals surface area contributed by atoms with Crippen LogP contribution < -0.4 is 5.73 Å². The van der Waals surface area contributed by atoms with E-state index in [2.05, 4.69) is 15.2 Å². The molecule has 0 radical (unpaired) electrons. The molecule has 2 rings (SSSR count). The fraction of sp³-hybridized carbons (Fsp3) is 0.833. The lowest BCUT2D eigenvalue weighted by atomic mass is 10.2. The van der Waals surface area contributed by atoms with Crippen LogP contribution >= 0.6 is 0 Å². The Kier molecular flexibility index (Phi) is 4.50. The van der Waals surface area contributed by atoms with Crippen molar-refractivity contribution in [3.8, 4) is 0 Å². The van der Waals surface area contributed by atoms with Crippen molar-refractivity contribution in [3.05, 3.63) is 11.9 Å². The first-order valence-electron chi connectivity index (χ1n) is 6.59. The Hall–Kier alpha value is -0.940. The molecule has 1 fully saturated rings. The van der Waals surface area contributed by atoms with Crippen LogP contribution in [0.25, 0.3) is 0 Å². The predicted molar refractivity (Wildman–Crippen MR) is 67.3 cm³/mol. The molecular formula is C12H23N5. The number of nitrogens with two attached hydrogens (primary N) is 1. The van der Waals surface area contributed by atoms with Crippen LogP contribution in [-0.4, -0.2) is 39.0 Å². The number of rotatable bonds is 6. The van der Waals surface area contributed by atoms with Gasteiger partial charge in [-0.15, -0.1) is 5.10 Å². The van der Waals surface area contributed by atoms with Crippen LogP contribution in [0.5, 0.6) is 0 Å². The zero-order valence-electron chi connectivity index (χ0n) is 10.7. The van der Waals surface area contributed by atoms with Gasteiger partial charge in [0.2, 0.25) is 0 Å². The monoisotopic (exact) mass is 237 g/mol. The van der Waals surface area contributed by atoms with Gasteiger partial charge in [-0.05, 0) is 25.8 Å². The summed E-state index contributed by atoms with van der Waals surface area (Å²) < 4.78 is 1.77. The van der Waals surface area contributed by atoms with Gasteiger partial charge in [-0.2, -0.15) is 0 Å². The minimum atomic E-state index is 0.726. The number of aromatic nitrogens is 3. The predicted octanol–water partition coefficient (Wildman–Crippen LogP) is 0.908. The maximum Gasteiger partial charge on any atom is 0.0967 e. The third kappa shape index (κ3) is 3.51. The van der Waals surface area contributed by atoms with Crippen LogP contribution in [0.15, 0.2) is 6.20 Å². The lowest BCUT2D eigenvalue weighted by Crippen LogP contribution is -2.34. The van der Waals surface area contributed by atoms with Crippen LogP contribution in [0.1, 0.15) is 37.8 Å². The van der Waals surface area contributed by atoms with Gasteiger partial charge in [0.15, 0.2) is 0 Å². The first-order valence-corrected chi connectivity index (χ1v) is 6.59. The van der Waals surface area contributed by atoms with Crippen molar-refractivity contribution >= 4 is 0 Å². The Bertz CT molecular complexity index is 329. The van der Waals surface area contributed by atoms with E-state index in [0.717, 1.165) is 37.8 Å². The van der Waals surface area contributed by atoms with Gasteiger partial charge in [0.1, 0.15) is 0 Å². The van der Waals surface area contributed by atoms with Gasteiger partial charge in [-0.3, -0.25) is 9.58 Å². The molecule has 0 bridgehead atoms. The van der Waals surface area contributed by atoms with E-state index in [9.17, 15) is 0 Å². The molecule has 17 heavy (non-hydrogen) atoms. The second-order valence-electron chi connectivity index (χ2n) is 4.93. The van der Waals surface area contributed by atoms with Crippen LogP contribution in [0.4, 0.5) is 0 Å². The van der Waals surface area contributed by atoms with Gasteiger partial charge >= 0.3 is 0 Å². The summed E-state index contributed by atoms with van der Waals surface area (Å²) in [6.07, 6.45) is 8.45. The Morgan fingerprint density at radius 3 is 2.82 bits per heavy atom. The average Bonchev–Trinajstić information content (AvgIpc) is 2.95. The van der Waals surface area contributed by atoms with E-state index in [0.29, 0.717) is 0 Å². The molecular weight excluding hydrogens is 214 g/mol. The third-order valence-corrected chi connectivity index (χ3v) is 3.51. The molecule has 1 heterocycles. The highest BCUT2D eigenvalue weighted by molar-refractivity contribution is 4.93. The highest BCUT2D eigenvalue weighted by Gasteiger charge is 2.22. The van der Waals surface area contributed by atoms with E-state index >= 15 is 0 Å². The van der Waals surface area contributed by atoms with Gasteiger partial charge < -0.3 is 5.73 Å². The quantitative estimate of drug-likeness (QED) is 0.799. The largest absolute Gasteiger partial charge is 0.330 e. The fourth-order valence-electron chi connectivity index (χ4n) is 2.63. The summed E-state index contributed by atoms with van der Waals surface area (Å²) in [6, 6.07) is 0.726. The lowest BCUT2D eigenvalue weighted by molar-refractivity contribution is 0.186. The Morgan fingerprint density at radius 1 is 1.47 bits per heavy atom. The SMILES string of the molecule is Cn1cc(CN(CCCN)C2CCCC2)nn1. The van der Waals surface area contributed by atoms with Crippen molar-refractivity contribution in [1.82, 2.24) is 19.9 Å². The number of aryl methyl sites for hydroxylation is 1. The maximum atomic E-state index is 5.61. The highest BCUT2D eigenvalue weighted by Crippen LogP contribution is 2.24. The normalized spacial score (nSPS) is 17.1. The van der Waals surface area contributed by atoms with Crippen molar-refractivity contribution in [2.75, 3.05) is 13.1 Å². The maximum absolute atomic E-state index is 5.61. The third-order valence-electron chi connectivity index (χ3n) is 3.51. The topological polar surface area (TPSA) is 60.0 Å². The van der Waals surface area contributed by atoms with E-state index < -0.39 is 0 Å². The standard InChI is InChI=1S/C12H23N5/c1-16-9-11(14-15-16)10-17(8-4-7-13)12-5-2-3-6-12/h9,12H,2-8,10,13H2,1H3. The molecule has 1 aromatic heterocycles. The molecule has 0 unspecified atom stereocenters. The molecule has 0 aliphatic heterocycles. The van der Waals surface area contributed by atoms with Crippen molar-refractivity contribution < 1.29 is 0 Å². The van der Waals surface area contributed by atoms with Gasteiger partial charge in [0.05, 0.1) is 5.69 Å². The highest BCUT2D eigenvalue weighted by atomic mass is 15.4. The van der Waals surface area contributed by atoms with Crippen molar-refractivity contribution in [3.63, 3.8) is 0 Å². The molecule has 1 aliphatic carbocycles. The molecule has 5 heteroatoms. The Balaban J connectivity index is 1.94. The summed E-state index contributed by atoms with van der Waals surface area (Å²) in [7, 11) is 1.91. The molecule has 1 aromatic rings. The molecule has 0 aromatic carbocycles. The van der Waals surface area contributed by atoms with E-state index in [4.69, 9.17) is 5.73 Å². The summed E-state index contributed by atoms with van der Waals surface area (Å²) in [4.78, 5) is 2.53. The van der Waals surface area contributed by atoms with Crippen LogP contribution in [0, 0.1) is 0 Å². The Labute approximate surface area is 103 Å². The molecule has 1 saturated carbocycles. The minimum Gasteiger partial charge on any atom is -0.330 e. The zero-order chi connectivity index (χ0) is 12.1. The minimum absolute atomic E-state index is 0.726. The number of nitrogens with zero attached hydrogens (tertiary/aromatic N) is 4. The average molecular weight is 237 g/mol. The molecule has 0 atom stereocenters. The van der Waals surface area contributed by atoms with E-state index in [1.54, 1.807) is 4.68 Å². The molecule has 0 amide bonds. The second kappa shape index (κ2) is 6.12. The van der Waals surface area contributed by atoms with Crippen LogP contribution in [0.2, 0.25) is 0 Å². The smallest absolute Gasteiger partial charge is 0.0967 e. The Morgan fingerprint density at radius 2 is 2.24 bits per heavy atom. The van der Waals surface area contributed by atoms with E-state index in [1.165, 1.54) is 25.7 Å². The molecule has 96 valence electrons. The fourth-order valence-corrected chi connectivity index (χ4v) is 2.63. The summed E-state index contributed by atoms with van der Waals surface area (Å²) in [6.45, 7) is 2.76. The van der Waals surface area contributed by atoms with Gasteiger partial charge in [0, 0.05) is 32.4 Å².